The van der Waals surface area contributed by atoms with E-state index in [1.165, 1.54) is 38.8 Å². The van der Waals surface area contributed by atoms with Gasteiger partial charge in [-0.3, -0.25) is 4.79 Å². The van der Waals surface area contributed by atoms with E-state index >= 15 is 0 Å². The Balaban J connectivity index is 1.81. The van der Waals surface area contributed by atoms with Gasteiger partial charge in [-0.05, 0) is 30.3 Å². The molecule has 0 atom stereocenters. The van der Waals surface area contributed by atoms with Crippen molar-refractivity contribution in [3.8, 4) is 28.7 Å². The van der Waals surface area contributed by atoms with Crippen molar-refractivity contribution >= 4 is 5.78 Å². The van der Waals surface area contributed by atoms with Crippen LogP contribution in [0.3, 0.4) is 0 Å². The molecule has 0 aliphatic rings. The summed E-state index contributed by atoms with van der Waals surface area (Å²) in [5.41, 5.74) is 0.230. The summed E-state index contributed by atoms with van der Waals surface area (Å²) >= 11 is 0. The molecule has 0 saturated carbocycles. The van der Waals surface area contributed by atoms with Crippen molar-refractivity contribution in [2.75, 3.05) is 20.8 Å². The smallest absolute Gasteiger partial charge is 0.422 e. The lowest BCUT2D eigenvalue weighted by molar-refractivity contribution is -0.153. The van der Waals surface area contributed by atoms with E-state index < -0.39 is 18.2 Å². The maximum atomic E-state index is 13.1. The summed E-state index contributed by atoms with van der Waals surface area (Å²) in [7, 11) is 2.79. The summed E-state index contributed by atoms with van der Waals surface area (Å²) in [6, 6.07) is 7.74. The third-order valence-electron chi connectivity index (χ3n) is 4.80. The molecular formula is C23H23F3N2O5. The SMILES string of the molecule is COc1ccc(-c2nc(CC(C)(C)C(=O)c3ncccc3OC)co2)cc1OCC(F)(F)F. The Morgan fingerprint density at radius 1 is 1.06 bits per heavy atom. The largest absolute Gasteiger partial charge is 0.494 e. The van der Waals surface area contributed by atoms with Crippen LogP contribution in [0.4, 0.5) is 13.2 Å². The van der Waals surface area contributed by atoms with E-state index in [0.29, 0.717) is 17.0 Å². The molecule has 0 bridgehead atoms. The van der Waals surface area contributed by atoms with E-state index in [2.05, 4.69) is 9.97 Å². The molecule has 0 amide bonds. The predicted octanol–water partition coefficient (Wildman–Crippen LogP) is 5.15. The van der Waals surface area contributed by atoms with Crippen molar-refractivity contribution in [2.24, 2.45) is 5.41 Å². The second kappa shape index (κ2) is 9.51. The zero-order valence-corrected chi connectivity index (χ0v) is 18.5. The number of alkyl halides is 3. The van der Waals surface area contributed by atoms with Gasteiger partial charge in [-0.2, -0.15) is 13.2 Å². The number of halogens is 3. The maximum Gasteiger partial charge on any atom is 0.422 e. The summed E-state index contributed by atoms with van der Waals surface area (Å²) < 4.78 is 58.4. The number of carbonyl (C=O) groups is 1. The molecule has 0 saturated heterocycles. The molecule has 10 heteroatoms. The molecule has 2 aromatic heterocycles. The van der Waals surface area contributed by atoms with Gasteiger partial charge in [0.05, 0.1) is 19.9 Å². The normalized spacial score (nSPS) is 11.8. The lowest BCUT2D eigenvalue weighted by Gasteiger charge is -2.22. The number of methoxy groups -OCH3 is 2. The van der Waals surface area contributed by atoms with Crippen molar-refractivity contribution in [1.82, 2.24) is 9.97 Å². The third-order valence-corrected chi connectivity index (χ3v) is 4.80. The molecule has 3 aromatic rings. The van der Waals surface area contributed by atoms with Gasteiger partial charge >= 0.3 is 6.18 Å². The number of rotatable bonds is 9. The van der Waals surface area contributed by atoms with E-state index in [-0.39, 0.29) is 35.3 Å². The Hall–Kier alpha value is -3.56. The average Bonchev–Trinajstić information content (AvgIpc) is 3.24. The summed E-state index contributed by atoms with van der Waals surface area (Å²) in [5, 5.41) is 0. The van der Waals surface area contributed by atoms with Crippen LogP contribution in [-0.4, -0.2) is 42.8 Å². The first-order valence-corrected chi connectivity index (χ1v) is 9.90. The van der Waals surface area contributed by atoms with Gasteiger partial charge in [-0.25, -0.2) is 9.97 Å². The number of hydrogen-bond acceptors (Lipinski definition) is 7. The molecule has 33 heavy (non-hydrogen) atoms. The first kappa shape index (κ1) is 24.1. The Morgan fingerprint density at radius 2 is 1.79 bits per heavy atom. The average molecular weight is 464 g/mol. The summed E-state index contributed by atoms with van der Waals surface area (Å²) in [6.07, 6.45) is -1.34. The van der Waals surface area contributed by atoms with Crippen LogP contribution >= 0.6 is 0 Å². The highest BCUT2D eigenvalue weighted by molar-refractivity contribution is 6.00. The van der Waals surface area contributed by atoms with Crippen LogP contribution in [-0.2, 0) is 6.42 Å². The highest BCUT2D eigenvalue weighted by atomic mass is 19.4. The number of pyridine rings is 1. The lowest BCUT2D eigenvalue weighted by Crippen LogP contribution is -2.28. The first-order chi connectivity index (χ1) is 15.5. The van der Waals surface area contributed by atoms with Crippen molar-refractivity contribution in [2.45, 2.75) is 26.4 Å². The van der Waals surface area contributed by atoms with Gasteiger partial charge in [0.1, 0.15) is 17.7 Å². The zero-order chi connectivity index (χ0) is 24.2. The Kier molecular flexibility index (Phi) is 6.95. The van der Waals surface area contributed by atoms with Gasteiger partial charge in [0.25, 0.3) is 0 Å². The fraction of sp³-hybridized carbons (Fsp3) is 0.348. The molecule has 0 aliphatic carbocycles. The Labute approximate surface area is 188 Å². The number of carbonyl (C=O) groups excluding carboxylic acids is 1. The van der Waals surface area contributed by atoms with E-state index in [4.69, 9.17) is 18.6 Å². The van der Waals surface area contributed by atoms with Gasteiger partial charge in [-0.1, -0.05) is 13.8 Å². The van der Waals surface area contributed by atoms with Gasteiger partial charge in [0.15, 0.2) is 23.9 Å². The fourth-order valence-corrected chi connectivity index (χ4v) is 3.18. The van der Waals surface area contributed by atoms with Crippen LogP contribution in [0.1, 0.15) is 30.0 Å². The van der Waals surface area contributed by atoms with Crippen LogP contribution in [0, 0.1) is 5.41 Å². The minimum atomic E-state index is -4.49. The van der Waals surface area contributed by atoms with Crippen LogP contribution in [0.25, 0.3) is 11.5 Å². The van der Waals surface area contributed by atoms with Crippen LogP contribution < -0.4 is 14.2 Å². The van der Waals surface area contributed by atoms with E-state index in [1.54, 1.807) is 32.0 Å². The summed E-state index contributed by atoms with van der Waals surface area (Å²) in [5.74, 6) is 0.372. The standard InChI is InChI=1S/C23H23F3N2O5/c1-22(2,20(29)19-17(31-4)6-5-9-27-19)11-15-12-32-21(28-15)14-7-8-16(30-3)18(10-14)33-13-23(24,25)26/h5-10,12H,11,13H2,1-4H3. The monoisotopic (exact) mass is 464 g/mol. The second-order valence-corrected chi connectivity index (χ2v) is 7.86. The maximum absolute atomic E-state index is 13.1. The van der Waals surface area contributed by atoms with E-state index in [1.807, 2.05) is 0 Å². The second-order valence-electron chi connectivity index (χ2n) is 7.86. The number of nitrogens with zero attached hydrogens (tertiary/aromatic N) is 2. The fourth-order valence-electron chi connectivity index (χ4n) is 3.18. The molecule has 176 valence electrons. The molecular weight excluding hydrogens is 441 g/mol. The number of ketones is 1. The minimum absolute atomic E-state index is 0.0928. The van der Waals surface area contributed by atoms with Crippen LogP contribution in [0.2, 0.25) is 0 Å². The molecule has 0 fully saturated rings. The zero-order valence-electron chi connectivity index (χ0n) is 18.5. The van der Waals surface area contributed by atoms with E-state index in [0.717, 1.165) is 0 Å². The van der Waals surface area contributed by atoms with Gasteiger partial charge in [0, 0.05) is 23.6 Å². The third kappa shape index (κ3) is 5.82. The van der Waals surface area contributed by atoms with Crippen molar-refractivity contribution in [3.63, 3.8) is 0 Å². The topological polar surface area (TPSA) is 83.7 Å². The molecule has 0 N–H and O–H groups in total. The molecule has 2 heterocycles. The molecule has 0 radical (unpaired) electrons. The summed E-state index contributed by atoms with van der Waals surface area (Å²) in [6.45, 7) is 2.06. The highest BCUT2D eigenvalue weighted by Gasteiger charge is 2.33. The Morgan fingerprint density at radius 3 is 2.45 bits per heavy atom. The number of hydrogen-bond donors (Lipinski definition) is 0. The predicted molar refractivity (Wildman–Crippen MR) is 113 cm³/mol. The number of aromatic nitrogens is 2. The Bertz CT molecular complexity index is 1130. The van der Waals surface area contributed by atoms with Crippen molar-refractivity contribution < 1.29 is 36.6 Å². The quantitative estimate of drug-likeness (QED) is 0.405. The number of Topliss-reactive ketones (excluding diaryl/α,β-unsaturated/α-hetero) is 1. The van der Waals surface area contributed by atoms with Gasteiger partial charge in [-0.15, -0.1) is 0 Å². The van der Waals surface area contributed by atoms with Crippen LogP contribution in [0.5, 0.6) is 17.2 Å². The minimum Gasteiger partial charge on any atom is -0.494 e. The summed E-state index contributed by atoms with van der Waals surface area (Å²) in [4.78, 5) is 21.6. The number of ether oxygens (including phenoxy) is 3. The van der Waals surface area contributed by atoms with Crippen molar-refractivity contribution in [1.29, 1.82) is 0 Å². The highest BCUT2D eigenvalue weighted by Crippen LogP contribution is 2.35. The number of benzene rings is 1. The number of oxazole rings is 1. The van der Waals surface area contributed by atoms with E-state index in [9.17, 15) is 18.0 Å². The van der Waals surface area contributed by atoms with Gasteiger partial charge < -0.3 is 18.6 Å². The lowest BCUT2D eigenvalue weighted by atomic mass is 9.81. The van der Waals surface area contributed by atoms with Crippen LogP contribution in [0.15, 0.2) is 47.2 Å². The molecule has 1 aromatic carbocycles. The van der Waals surface area contributed by atoms with Crippen molar-refractivity contribution in [3.05, 3.63) is 54.2 Å². The molecule has 3 rings (SSSR count). The molecule has 7 nitrogen and oxygen atoms in total. The van der Waals surface area contributed by atoms with Gasteiger partial charge in [0.2, 0.25) is 5.89 Å². The molecule has 0 spiro atoms. The molecule has 0 unspecified atom stereocenters. The first-order valence-electron chi connectivity index (χ1n) is 9.90. The molecule has 0 aliphatic heterocycles.